The van der Waals surface area contributed by atoms with E-state index < -0.39 is 5.60 Å². The number of piperidine rings is 1. The van der Waals surface area contributed by atoms with E-state index in [1.807, 2.05) is 0 Å². The van der Waals surface area contributed by atoms with E-state index >= 15 is 0 Å². The number of ether oxygens (including phenoxy) is 1. The molecule has 1 saturated heterocycles. The molecule has 78 valence electrons. The van der Waals surface area contributed by atoms with E-state index in [-0.39, 0.29) is 0 Å². The van der Waals surface area contributed by atoms with Crippen LogP contribution in [-0.2, 0) is 5.60 Å². The number of hydrogen-bond donors (Lipinski definition) is 2. The Morgan fingerprint density at radius 2 is 2.29 bits per heavy atom. The molecule has 2 rings (SSSR count). The molecule has 1 aromatic rings. The van der Waals surface area contributed by atoms with E-state index in [0.29, 0.717) is 5.19 Å². The summed E-state index contributed by atoms with van der Waals surface area (Å²) in [7, 11) is 1.59. The minimum absolute atomic E-state index is 0.618. The summed E-state index contributed by atoms with van der Waals surface area (Å²) in [6, 6.07) is 0. The van der Waals surface area contributed by atoms with Gasteiger partial charge in [0.25, 0.3) is 5.19 Å². The van der Waals surface area contributed by atoms with Crippen molar-refractivity contribution in [1.29, 1.82) is 0 Å². The molecule has 14 heavy (non-hydrogen) atoms. The van der Waals surface area contributed by atoms with Crippen molar-refractivity contribution >= 4 is 11.3 Å². The van der Waals surface area contributed by atoms with Crippen LogP contribution in [0, 0.1) is 0 Å². The van der Waals surface area contributed by atoms with Crippen molar-refractivity contribution in [3.05, 3.63) is 11.1 Å². The molecule has 2 N–H and O–H groups in total. The molecule has 0 saturated carbocycles. The second-order valence-corrected chi connectivity index (χ2v) is 4.47. The topological polar surface area (TPSA) is 54.4 Å². The predicted molar refractivity (Wildman–Crippen MR) is 54.7 cm³/mol. The third-order valence-electron chi connectivity index (χ3n) is 2.55. The number of nitrogens with one attached hydrogen (secondary N) is 1. The summed E-state index contributed by atoms with van der Waals surface area (Å²) >= 11 is 1.43. The van der Waals surface area contributed by atoms with E-state index in [0.717, 1.165) is 30.8 Å². The molecule has 4 nitrogen and oxygen atoms in total. The first-order chi connectivity index (χ1) is 6.74. The highest BCUT2D eigenvalue weighted by atomic mass is 32.1. The molecular weight excluding hydrogens is 200 g/mol. The average molecular weight is 214 g/mol. The Morgan fingerprint density at radius 3 is 2.86 bits per heavy atom. The SMILES string of the molecule is COc1ncc(C2(O)CCNCC2)s1. The highest BCUT2D eigenvalue weighted by molar-refractivity contribution is 7.13. The summed E-state index contributed by atoms with van der Waals surface area (Å²) in [6.45, 7) is 1.72. The third kappa shape index (κ3) is 1.75. The first-order valence-corrected chi connectivity index (χ1v) is 5.50. The lowest BCUT2D eigenvalue weighted by molar-refractivity contribution is 0.00925. The van der Waals surface area contributed by atoms with Gasteiger partial charge in [0.05, 0.1) is 12.0 Å². The molecule has 0 spiro atoms. The summed E-state index contributed by atoms with van der Waals surface area (Å²) < 4.78 is 5.01. The lowest BCUT2D eigenvalue weighted by Gasteiger charge is -2.31. The van der Waals surface area contributed by atoms with E-state index in [9.17, 15) is 5.11 Å². The molecule has 0 bridgehead atoms. The molecule has 0 aromatic carbocycles. The smallest absolute Gasteiger partial charge is 0.273 e. The Balaban J connectivity index is 2.19. The van der Waals surface area contributed by atoms with Gasteiger partial charge >= 0.3 is 0 Å². The lowest BCUT2D eigenvalue weighted by Crippen LogP contribution is -2.39. The molecule has 1 fully saturated rings. The molecule has 0 unspecified atom stereocenters. The van der Waals surface area contributed by atoms with Crippen LogP contribution in [0.4, 0.5) is 0 Å². The second kappa shape index (κ2) is 3.84. The molecule has 2 heterocycles. The average Bonchev–Trinajstić information content (AvgIpc) is 2.67. The van der Waals surface area contributed by atoms with Gasteiger partial charge in [0.1, 0.15) is 5.60 Å². The summed E-state index contributed by atoms with van der Waals surface area (Å²) in [4.78, 5) is 4.98. The molecule has 0 amide bonds. The van der Waals surface area contributed by atoms with Crippen LogP contribution in [0.15, 0.2) is 6.20 Å². The summed E-state index contributed by atoms with van der Waals surface area (Å²) in [5.41, 5.74) is -0.695. The number of hydrogen-bond acceptors (Lipinski definition) is 5. The Bertz CT molecular complexity index is 308. The number of aliphatic hydroxyl groups is 1. The first-order valence-electron chi connectivity index (χ1n) is 4.68. The van der Waals surface area contributed by atoms with E-state index in [4.69, 9.17) is 4.74 Å². The van der Waals surface area contributed by atoms with Crippen LogP contribution >= 0.6 is 11.3 Å². The van der Waals surface area contributed by atoms with Gasteiger partial charge in [-0.2, -0.15) is 0 Å². The highest BCUT2D eigenvalue weighted by Crippen LogP contribution is 2.36. The number of methoxy groups -OCH3 is 1. The van der Waals surface area contributed by atoms with Gasteiger partial charge in [-0.05, 0) is 25.9 Å². The number of thiazole rings is 1. The normalized spacial score (nSPS) is 20.7. The van der Waals surface area contributed by atoms with Crippen molar-refractivity contribution in [2.45, 2.75) is 18.4 Å². The predicted octanol–water partition coefficient (Wildman–Crippen LogP) is 0.723. The summed E-state index contributed by atoms with van der Waals surface area (Å²) in [5, 5.41) is 14.2. The highest BCUT2D eigenvalue weighted by Gasteiger charge is 2.33. The minimum atomic E-state index is -0.695. The standard InChI is InChI=1S/C9H14N2O2S/c1-13-8-11-6-7(14-8)9(12)2-4-10-5-3-9/h6,10,12H,2-5H2,1H3. The van der Waals surface area contributed by atoms with Gasteiger partial charge in [0.15, 0.2) is 0 Å². The zero-order valence-electron chi connectivity index (χ0n) is 8.12. The Kier molecular flexibility index (Phi) is 2.71. The Morgan fingerprint density at radius 1 is 1.57 bits per heavy atom. The van der Waals surface area contributed by atoms with Gasteiger partial charge in [-0.15, -0.1) is 0 Å². The maximum atomic E-state index is 10.3. The van der Waals surface area contributed by atoms with Crippen LogP contribution in [-0.4, -0.2) is 30.3 Å². The summed E-state index contributed by atoms with van der Waals surface area (Å²) in [5.74, 6) is 0. The van der Waals surface area contributed by atoms with E-state index in [1.165, 1.54) is 11.3 Å². The van der Waals surface area contributed by atoms with Gasteiger partial charge in [-0.3, -0.25) is 0 Å². The monoisotopic (exact) mass is 214 g/mol. The van der Waals surface area contributed by atoms with Crippen LogP contribution < -0.4 is 10.1 Å². The Labute approximate surface area is 86.9 Å². The lowest BCUT2D eigenvalue weighted by atomic mass is 9.91. The zero-order valence-corrected chi connectivity index (χ0v) is 8.93. The fourth-order valence-electron chi connectivity index (χ4n) is 1.65. The molecule has 0 radical (unpaired) electrons. The van der Waals surface area contributed by atoms with Gasteiger partial charge in [0.2, 0.25) is 0 Å². The van der Waals surface area contributed by atoms with Crippen molar-refractivity contribution < 1.29 is 9.84 Å². The van der Waals surface area contributed by atoms with Crippen LogP contribution in [0.2, 0.25) is 0 Å². The second-order valence-electron chi connectivity index (χ2n) is 3.48. The van der Waals surface area contributed by atoms with Crippen LogP contribution in [0.3, 0.4) is 0 Å². The van der Waals surface area contributed by atoms with E-state index in [2.05, 4.69) is 10.3 Å². The van der Waals surface area contributed by atoms with Crippen LogP contribution in [0.25, 0.3) is 0 Å². The quantitative estimate of drug-likeness (QED) is 0.762. The fourth-order valence-corrected chi connectivity index (χ4v) is 2.53. The maximum absolute atomic E-state index is 10.3. The number of aromatic nitrogens is 1. The zero-order chi connectivity index (χ0) is 10.0. The van der Waals surface area contributed by atoms with Crippen molar-refractivity contribution in [2.24, 2.45) is 0 Å². The minimum Gasteiger partial charge on any atom is -0.473 e. The fraction of sp³-hybridized carbons (Fsp3) is 0.667. The van der Waals surface area contributed by atoms with Gasteiger partial charge in [-0.1, -0.05) is 11.3 Å². The van der Waals surface area contributed by atoms with Crippen LogP contribution in [0.5, 0.6) is 5.19 Å². The third-order valence-corrected chi connectivity index (χ3v) is 3.70. The van der Waals surface area contributed by atoms with Gasteiger partial charge in [-0.25, -0.2) is 4.98 Å². The number of nitrogens with zero attached hydrogens (tertiary/aromatic N) is 1. The number of rotatable bonds is 2. The molecule has 0 atom stereocenters. The maximum Gasteiger partial charge on any atom is 0.273 e. The molecule has 1 aliphatic rings. The molecular formula is C9H14N2O2S. The van der Waals surface area contributed by atoms with Crippen molar-refractivity contribution in [3.63, 3.8) is 0 Å². The molecule has 1 aromatic heterocycles. The van der Waals surface area contributed by atoms with Gasteiger partial charge in [0, 0.05) is 6.20 Å². The van der Waals surface area contributed by atoms with Crippen molar-refractivity contribution in [1.82, 2.24) is 10.3 Å². The largest absolute Gasteiger partial charge is 0.473 e. The van der Waals surface area contributed by atoms with E-state index in [1.54, 1.807) is 13.3 Å². The van der Waals surface area contributed by atoms with Crippen LogP contribution in [0.1, 0.15) is 17.7 Å². The molecule has 0 aliphatic carbocycles. The summed E-state index contributed by atoms with van der Waals surface area (Å²) in [6.07, 6.45) is 3.21. The Hall–Kier alpha value is -0.650. The van der Waals surface area contributed by atoms with Crippen molar-refractivity contribution in [3.8, 4) is 5.19 Å². The molecule has 5 heteroatoms. The molecule has 1 aliphatic heterocycles. The first kappa shape index (κ1) is 9.89. The van der Waals surface area contributed by atoms with Crippen molar-refractivity contribution in [2.75, 3.05) is 20.2 Å². The van der Waals surface area contributed by atoms with Gasteiger partial charge < -0.3 is 15.2 Å².